The first-order chi connectivity index (χ1) is 5.83. The van der Waals surface area contributed by atoms with Gasteiger partial charge in [-0.25, -0.2) is 0 Å². The number of rotatable bonds is 4. The number of hydrogen-bond acceptors (Lipinski definition) is 1. The summed E-state index contributed by atoms with van der Waals surface area (Å²) < 4.78 is 0. The highest BCUT2D eigenvalue weighted by Crippen LogP contribution is 2.01. The van der Waals surface area contributed by atoms with Crippen molar-refractivity contribution in [3.8, 4) is 0 Å². The average Bonchev–Trinajstić information content (AvgIpc) is 2.06. The molecule has 1 aromatic carbocycles. The highest BCUT2D eigenvalue weighted by molar-refractivity contribution is 5.85. The first-order valence-corrected chi connectivity index (χ1v) is 4.60. The average molecular weight is 200 g/mol. The molecule has 0 spiro atoms. The summed E-state index contributed by atoms with van der Waals surface area (Å²) in [6, 6.07) is 11.2. The Morgan fingerprint density at radius 1 is 1.23 bits per heavy atom. The summed E-state index contributed by atoms with van der Waals surface area (Å²) in [6.07, 6.45) is 1.12. The fraction of sp³-hybridized carbons (Fsp3) is 0.455. The zero-order valence-corrected chi connectivity index (χ0v) is 9.10. The van der Waals surface area contributed by atoms with Gasteiger partial charge in [-0.05, 0) is 25.5 Å². The molecule has 0 aromatic heterocycles. The fourth-order valence-electron chi connectivity index (χ4n) is 1.39. The molecule has 2 heteroatoms. The van der Waals surface area contributed by atoms with Crippen LogP contribution in [0, 0.1) is 0 Å². The van der Waals surface area contributed by atoms with E-state index in [1.807, 2.05) is 0 Å². The third-order valence-corrected chi connectivity index (χ3v) is 1.94. The summed E-state index contributed by atoms with van der Waals surface area (Å²) in [5, 5.41) is 3.39. The van der Waals surface area contributed by atoms with E-state index in [0.29, 0.717) is 6.04 Å². The molecule has 0 aliphatic carbocycles. The standard InChI is InChI=1S/C11H17N.ClH/c1-3-12-10(2)9-11-7-5-4-6-8-11;/h4-8,10,12H,3,9H2,1-2H3;1H/t10-;/m1./s1. The second-order valence-electron chi connectivity index (χ2n) is 3.15. The van der Waals surface area contributed by atoms with Gasteiger partial charge in [-0.2, -0.15) is 0 Å². The van der Waals surface area contributed by atoms with E-state index in [1.54, 1.807) is 0 Å². The van der Waals surface area contributed by atoms with Crippen molar-refractivity contribution in [2.75, 3.05) is 6.54 Å². The van der Waals surface area contributed by atoms with Crippen LogP contribution in [0.25, 0.3) is 0 Å². The lowest BCUT2D eigenvalue weighted by molar-refractivity contribution is 0.565. The fourth-order valence-corrected chi connectivity index (χ4v) is 1.39. The lowest BCUT2D eigenvalue weighted by atomic mass is 10.1. The first-order valence-electron chi connectivity index (χ1n) is 4.60. The van der Waals surface area contributed by atoms with Gasteiger partial charge in [-0.3, -0.25) is 0 Å². The molecule has 0 radical (unpaired) electrons. The summed E-state index contributed by atoms with van der Waals surface area (Å²) in [6.45, 7) is 5.41. The molecular formula is C11H18ClN. The minimum atomic E-state index is 0. The molecule has 1 atom stereocenters. The van der Waals surface area contributed by atoms with E-state index >= 15 is 0 Å². The zero-order valence-electron chi connectivity index (χ0n) is 8.29. The van der Waals surface area contributed by atoms with Crippen molar-refractivity contribution in [3.63, 3.8) is 0 Å². The molecule has 0 saturated carbocycles. The number of nitrogens with one attached hydrogen (secondary N) is 1. The van der Waals surface area contributed by atoms with Crippen molar-refractivity contribution in [1.82, 2.24) is 5.32 Å². The third kappa shape index (κ3) is 4.91. The second kappa shape index (κ2) is 6.93. The summed E-state index contributed by atoms with van der Waals surface area (Å²) >= 11 is 0. The zero-order chi connectivity index (χ0) is 8.81. The van der Waals surface area contributed by atoms with Gasteiger partial charge in [0.25, 0.3) is 0 Å². The Labute approximate surface area is 87.0 Å². The van der Waals surface area contributed by atoms with Gasteiger partial charge in [0.2, 0.25) is 0 Å². The molecule has 0 unspecified atom stereocenters. The Morgan fingerprint density at radius 2 is 1.85 bits per heavy atom. The van der Waals surface area contributed by atoms with Crippen LogP contribution in [0.4, 0.5) is 0 Å². The molecule has 13 heavy (non-hydrogen) atoms. The van der Waals surface area contributed by atoms with E-state index in [9.17, 15) is 0 Å². The predicted octanol–water partition coefficient (Wildman–Crippen LogP) is 2.65. The minimum absolute atomic E-state index is 0. The van der Waals surface area contributed by atoms with Gasteiger partial charge in [0, 0.05) is 6.04 Å². The highest BCUT2D eigenvalue weighted by atomic mass is 35.5. The van der Waals surface area contributed by atoms with Crippen LogP contribution in [0.5, 0.6) is 0 Å². The normalized spacial score (nSPS) is 11.8. The van der Waals surface area contributed by atoms with Crippen molar-refractivity contribution < 1.29 is 0 Å². The molecule has 0 amide bonds. The van der Waals surface area contributed by atoms with Crippen molar-refractivity contribution >= 4 is 12.4 Å². The van der Waals surface area contributed by atoms with Gasteiger partial charge < -0.3 is 5.32 Å². The SMILES string of the molecule is CCN[C@H](C)Cc1ccccc1.Cl. The van der Waals surface area contributed by atoms with Crippen LogP contribution in [-0.4, -0.2) is 12.6 Å². The van der Waals surface area contributed by atoms with E-state index in [2.05, 4.69) is 49.5 Å². The van der Waals surface area contributed by atoms with E-state index in [0.717, 1.165) is 13.0 Å². The van der Waals surface area contributed by atoms with Crippen LogP contribution < -0.4 is 5.32 Å². The molecule has 1 nitrogen and oxygen atoms in total. The Hall–Kier alpha value is -0.530. The Bertz CT molecular complexity index is 211. The first kappa shape index (κ1) is 12.5. The molecule has 1 rings (SSSR count). The highest BCUT2D eigenvalue weighted by Gasteiger charge is 1.99. The summed E-state index contributed by atoms with van der Waals surface area (Å²) in [7, 11) is 0. The molecule has 1 N–H and O–H groups in total. The lowest BCUT2D eigenvalue weighted by Crippen LogP contribution is -2.27. The Kier molecular flexibility index (Phi) is 6.65. The summed E-state index contributed by atoms with van der Waals surface area (Å²) in [5.74, 6) is 0. The number of benzene rings is 1. The predicted molar refractivity (Wildman–Crippen MR) is 60.5 cm³/mol. The van der Waals surface area contributed by atoms with Crippen LogP contribution in [0.3, 0.4) is 0 Å². The molecule has 0 heterocycles. The molecule has 1 aromatic rings. The van der Waals surface area contributed by atoms with E-state index in [4.69, 9.17) is 0 Å². The van der Waals surface area contributed by atoms with Crippen LogP contribution in [0.15, 0.2) is 30.3 Å². The van der Waals surface area contributed by atoms with Crippen molar-refractivity contribution in [2.45, 2.75) is 26.3 Å². The molecule has 0 bridgehead atoms. The minimum Gasteiger partial charge on any atom is -0.314 e. The van der Waals surface area contributed by atoms with Gasteiger partial charge in [0.05, 0.1) is 0 Å². The van der Waals surface area contributed by atoms with Gasteiger partial charge in [-0.1, -0.05) is 37.3 Å². The lowest BCUT2D eigenvalue weighted by Gasteiger charge is -2.11. The molecule has 74 valence electrons. The van der Waals surface area contributed by atoms with E-state index in [-0.39, 0.29) is 12.4 Å². The third-order valence-electron chi connectivity index (χ3n) is 1.94. The molecule has 0 aliphatic heterocycles. The second-order valence-corrected chi connectivity index (χ2v) is 3.15. The van der Waals surface area contributed by atoms with E-state index in [1.165, 1.54) is 5.56 Å². The summed E-state index contributed by atoms with van der Waals surface area (Å²) in [4.78, 5) is 0. The molecule has 0 saturated heterocycles. The van der Waals surface area contributed by atoms with Crippen LogP contribution in [-0.2, 0) is 6.42 Å². The number of halogens is 1. The van der Waals surface area contributed by atoms with Crippen LogP contribution in [0.2, 0.25) is 0 Å². The molecule has 0 fully saturated rings. The van der Waals surface area contributed by atoms with Gasteiger partial charge in [-0.15, -0.1) is 12.4 Å². The monoisotopic (exact) mass is 199 g/mol. The maximum absolute atomic E-state index is 3.39. The topological polar surface area (TPSA) is 12.0 Å². The van der Waals surface area contributed by atoms with Crippen LogP contribution in [0.1, 0.15) is 19.4 Å². The smallest absolute Gasteiger partial charge is 0.00790 e. The van der Waals surface area contributed by atoms with Crippen molar-refractivity contribution in [2.24, 2.45) is 0 Å². The summed E-state index contributed by atoms with van der Waals surface area (Å²) in [5.41, 5.74) is 1.41. The Morgan fingerprint density at radius 3 is 2.38 bits per heavy atom. The number of likely N-dealkylation sites (N-methyl/N-ethyl adjacent to an activating group) is 1. The Balaban J connectivity index is 0.00000144. The number of hydrogen-bond donors (Lipinski definition) is 1. The quantitative estimate of drug-likeness (QED) is 0.787. The molecular weight excluding hydrogens is 182 g/mol. The van der Waals surface area contributed by atoms with Crippen LogP contribution >= 0.6 is 12.4 Å². The van der Waals surface area contributed by atoms with Crippen molar-refractivity contribution in [1.29, 1.82) is 0 Å². The van der Waals surface area contributed by atoms with Crippen molar-refractivity contribution in [3.05, 3.63) is 35.9 Å². The maximum Gasteiger partial charge on any atom is 0.00790 e. The maximum atomic E-state index is 3.39. The van der Waals surface area contributed by atoms with Gasteiger partial charge >= 0.3 is 0 Å². The van der Waals surface area contributed by atoms with Gasteiger partial charge in [0.15, 0.2) is 0 Å². The largest absolute Gasteiger partial charge is 0.314 e. The van der Waals surface area contributed by atoms with E-state index < -0.39 is 0 Å². The molecule has 0 aliphatic rings. The van der Waals surface area contributed by atoms with Gasteiger partial charge in [0.1, 0.15) is 0 Å².